The zero-order valence-electron chi connectivity index (χ0n) is 15.1. The van der Waals surface area contributed by atoms with Gasteiger partial charge in [0.2, 0.25) is 5.91 Å². The number of anilines is 1. The standard InChI is InChI=1S/C19H21N3O4S/c1-11(2)16-10-27-17(22-16)4-3-12-5-13(7-20-6-12)21-18(23)14-8-26-9-15(14)19(24)25/h3-7,10-11,14-15H,8-9H2,1-2H3,(H,21,23)(H,24,25)/b4-3+. The molecule has 1 aliphatic rings. The molecule has 0 aromatic carbocycles. The van der Waals surface area contributed by atoms with E-state index in [-0.39, 0.29) is 19.1 Å². The van der Waals surface area contributed by atoms with Gasteiger partial charge in [0, 0.05) is 11.6 Å². The first-order valence-electron chi connectivity index (χ1n) is 8.64. The molecule has 2 aromatic rings. The molecule has 1 fully saturated rings. The maximum atomic E-state index is 12.4. The van der Waals surface area contributed by atoms with Crippen LogP contribution in [0.1, 0.15) is 36.0 Å². The Morgan fingerprint density at radius 2 is 2.07 bits per heavy atom. The number of carboxylic acids is 1. The lowest BCUT2D eigenvalue weighted by molar-refractivity contribution is -0.144. The van der Waals surface area contributed by atoms with Crippen molar-refractivity contribution < 1.29 is 19.4 Å². The molecule has 3 heterocycles. The van der Waals surface area contributed by atoms with Gasteiger partial charge in [0.25, 0.3) is 0 Å². The van der Waals surface area contributed by atoms with Gasteiger partial charge in [-0.05, 0) is 23.6 Å². The second kappa shape index (κ2) is 8.41. The molecule has 8 heteroatoms. The van der Waals surface area contributed by atoms with Crippen molar-refractivity contribution in [2.24, 2.45) is 11.8 Å². The Balaban J connectivity index is 1.67. The molecule has 2 atom stereocenters. The summed E-state index contributed by atoms with van der Waals surface area (Å²) in [4.78, 5) is 32.3. The Kier molecular flexibility index (Phi) is 5.98. The number of hydrogen-bond acceptors (Lipinski definition) is 6. The van der Waals surface area contributed by atoms with E-state index in [2.05, 4.69) is 29.1 Å². The van der Waals surface area contributed by atoms with E-state index >= 15 is 0 Å². The third-order valence-corrected chi connectivity index (χ3v) is 5.14. The highest BCUT2D eigenvalue weighted by Gasteiger charge is 2.39. The summed E-state index contributed by atoms with van der Waals surface area (Å²) in [5, 5.41) is 14.9. The second-order valence-corrected chi connectivity index (χ2v) is 7.57. The normalized spacial score (nSPS) is 19.7. The highest BCUT2D eigenvalue weighted by molar-refractivity contribution is 7.10. The number of pyridine rings is 1. The van der Waals surface area contributed by atoms with Gasteiger partial charge in [-0.15, -0.1) is 11.3 Å². The van der Waals surface area contributed by atoms with E-state index in [1.165, 1.54) is 6.20 Å². The van der Waals surface area contributed by atoms with E-state index in [1.54, 1.807) is 23.6 Å². The van der Waals surface area contributed by atoms with Gasteiger partial charge in [0.05, 0.1) is 42.6 Å². The number of amides is 1. The number of nitrogens with zero attached hydrogens (tertiary/aromatic N) is 2. The Labute approximate surface area is 161 Å². The molecule has 142 valence electrons. The molecule has 2 N–H and O–H groups in total. The van der Waals surface area contributed by atoms with E-state index in [1.807, 2.05) is 17.5 Å². The second-order valence-electron chi connectivity index (χ2n) is 6.68. The summed E-state index contributed by atoms with van der Waals surface area (Å²) in [5.41, 5.74) is 2.39. The van der Waals surface area contributed by atoms with E-state index in [0.29, 0.717) is 11.6 Å². The summed E-state index contributed by atoms with van der Waals surface area (Å²) in [6.07, 6.45) is 7.00. The number of aromatic nitrogens is 2. The summed E-state index contributed by atoms with van der Waals surface area (Å²) in [6.45, 7) is 4.37. The minimum absolute atomic E-state index is 0.0562. The van der Waals surface area contributed by atoms with Crippen LogP contribution in [0.25, 0.3) is 12.2 Å². The van der Waals surface area contributed by atoms with Crippen LogP contribution in [0, 0.1) is 11.8 Å². The largest absolute Gasteiger partial charge is 0.481 e. The molecule has 0 aliphatic carbocycles. The first kappa shape index (κ1) is 19.2. The SMILES string of the molecule is CC(C)c1csc(/C=C/c2cncc(NC(=O)C3COCC3C(=O)O)c2)n1. The number of carboxylic acid groups (broad SMARTS) is 1. The maximum absolute atomic E-state index is 12.4. The van der Waals surface area contributed by atoms with E-state index < -0.39 is 17.8 Å². The number of rotatable bonds is 6. The van der Waals surface area contributed by atoms with E-state index in [9.17, 15) is 14.7 Å². The number of thiazole rings is 1. The number of hydrogen-bond donors (Lipinski definition) is 2. The van der Waals surface area contributed by atoms with Crippen LogP contribution in [0.15, 0.2) is 23.8 Å². The molecule has 2 unspecified atom stereocenters. The topological polar surface area (TPSA) is 101 Å². The predicted molar refractivity (Wildman–Crippen MR) is 103 cm³/mol. The summed E-state index contributed by atoms with van der Waals surface area (Å²) in [5.74, 6) is -2.53. The number of aliphatic carboxylic acids is 1. The lowest BCUT2D eigenvalue weighted by Gasteiger charge is -2.13. The number of carbonyl (C=O) groups excluding carboxylic acids is 1. The smallest absolute Gasteiger partial charge is 0.309 e. The summed E-state index contributed by atoms with van der Waals surface area (Å²) in [7, 11) is 0. The molecule has 27 heavy (non-hydrogen) atoms. The Bertz CT molecular complexity index is 862. The molecule has 7 nitrogen and oxygen atoms in total. The Hall–Kier alpha value is -2.58. The highest BCUT2D eigenvalue weighted by atomic mass is 32.1. The van der Waals surface area contributed by atoms with Gasteiger partial charge in [-0.1, -0.05) is 19.9 Å². The van der Waals surface area contributed by atoms with Crippen LogP contribution in [0.4, 0.5) is 5.69 Å². The first-order chi connectivity index (χ1) is 12.9. The van der Waals surface area contributed by atoms with Crippen molar-refractivity contribution in [3.05, 3.63) is 40.1 Å². The van der Waals surface area contributed by atoms with Crippen LogP contribution >= 0.6 is 11.3 Å². The number of nitrogens with one attached hydrogen (secondary N) is 1. The molecule has 2 aromatic heterocycles. The van der Waals surface area contributed by atoms with Crippen LogP contribution < -0.4 is 5.32 Å². The highest BCUT2D eigenvalue weighted by Crippen LogP contribution is 2.23. The average Bonchev–Trinajstić information content (AvgIpc) is 3.30. The molecule has 0 radical (unpaired) electrons. The molecule has 1 saturated heterocycles. The molecule has 0 saturated carbocycles. The summed E-state index contributed by atoms with van der Waals surface area (Å²) in [6, 6.07) is 1.78. The van der Waals surface area contributed by atoms with Crippen molar-refractivity contribution in [1.29, 1.82) is 0 Å². The van der Waals surface area contributed by atoms with Crippen molar-refractivity contribution >= 4 is 41.1 Å². The fourth-order valence-corrected chi connectivity index (χ4v) is 3.59. The van der Waals surface area contributed by atoms with Gasteiger partial charge in [0.1, 0.15) is 5.01 Å². The molecule has 0 spiro atoms. The van der Waals surface area contributed by atoms with Crippen molar-refractivity contribution in [3.63, 3.8) is 0 Å². The molecular weight excluding hydrogens is 366 g/mol. The molecular formula is C19H21N3O4S. The van der Waals surface area contributed by atoms with Gasteiger partial charge in [0.15, 0.2) is 0 Å². The van der Waals surface area contributed by atoms with Gasteiger partial charge in [-0.25, -0.2) is 4.98 Å². The minimum Gasteiger partial charge on any atom is -0.481 e. The fraction of sp³-hybridized carbons (Fsp3) is 0.368. The third kappa shape index (κ3) is 4.78. The number of ether oxygens (including phenoxy) is 1. The van der Waals surface area contributed by atoms with Crippen LogP contribution in [-0.4, -0.2) is 40.2 Å². The van der Waals surface area contributed by atoms with Crippen LogP contribution in [0.3, 0.4) is 0 Å². The van der Waals surface area contributed by atoms with E-state index in [0.717, 1.165) is 16.3 Å². The predicted octanol–water partition coefficient (Wildman–Crippen LogP) is 3.12. The molecule has 1 aliphatic heterocycles. The van der Waals surface area contributed by atoms with Gasteiger partial charge >= 0.3 is 5.97 Å². The lowest BCUT2D eigenvalue weighted by Crippen LogP contribution is -2.32. The van der Waals surface area contributed by atoms with Gasteiger partial charge in [-0.3, -0.25) is 14.6 Å². The summed E-state index contributed by atoms with van der Waals surface area (Å²) >= 11 is 1.57. The molecule has 0 bridgehead atoms. The Morgan fingerprint density at radius 3 is 2.78 bits per heavy atom. The van der Waals surface area contributed by atoms with Crippen LogP contribution in [0.2, 0.25) is 0 Å². The van der Waals surface area contributed by atoms with Crippen molar-refractivity contribution in [2.45, 2.75) is 19.8 Å². The third-order valence-electron chi connectivity index (χ3n) is 4.31. The molecule has 3 rings (SSSR count). The van der Waals surface area contributed by atoms with Crippen molar-refractivity contribution in [1.82, 2.24) is 9.97 Å². The maximum Gasteiger partial charge on any atom is 0.309 e. The van der Waals surface area contributed by atoms with Crippen LogP contribution in [-0.2, 0) is 14.3 Å². The summed E-state index contributed by atoms with van der Waals surface area (Å²) < 4.78 is 5.15. The Morgan fingerprint density at radius 1 is 1.30 bits per heavy atom. The molecule has 1 amide bonds. The lowest BCUT2D eigenvalue weighted by atomic mass is 9.95. The monoisotopic (exact) mass is 387 g/mol. The van der Waals surface area contributed by atoms with Crippen molar-refractivity contribution in [3.8, 4) is 0 Å². The number of carbonyl (C=O) groups is 2. The van der Waals surface area contributed by atoms with Gasteiger partial charge < -0.3 is 15.2 Å². The first-order valence-corrected chi connectivity index (χ1v) is 9.52. The fourth-order valence-electron chi connectivity index (χ4n) is 2.72. The van der Waals surface area contributed by atoms with Crippen molar-refractivity contribution in [2.75, 3.05) is 18.5 Å². The van der Waals surface area contributed by atoms with Gasteiger partial charge in [-0.2, -0.15) is 0 Å². The zero-order chi connectivity index (χ0) is 19.4. The minimum atomic E-state index is -1.02. The quantitative estimate of drug-likeness (QED) is 0.790. The average molecular weight is 387 g/mol. The van der Waals surface area contributed by atoms with E-state index in [4.69, 9.17) is 4.74 Å². The zero-order valence-corrected chi connectivity index (χ0v) is 15.9. The van der Waals surface area contributed by atoms with Crippen LogP contribution in [0.5, 0.6) is 0 Å².